The predicted octanol–water partition coefficient (Wildman–Crippen LogP) is 3.36. The highest BCUT2D eigenvalue weighted by molar-refractivity contribution is 7.98. The average Bonchev–Trinajstić information content (AvgIpc) is 3.30. The minimum absolute atomic E-state index is 0.476. The topological polar surface area (TPSA) is 76.7 Å². The molecular formula is C16H17N5OS2. The minimum Gasteiger partial charge on any atom is -0.407 e. The average molecular weight is 359 g/mol. The van der Waals surface area contributed by atoms with Gasteiger partial charge >= 0.3 is 6.01 Å². The highest BCUT2D eigenvalue weighted by Gasteiger charge is 2.16. The van der Waals surface area contributed by atoms with Gasteiger partial charge in [0.15, 0.2) is 0 Å². The smallest absolute Gasteiger partial charge is 0.315 e. The monoisotopic (exact) mass is 359 g/mol. The molecule has 0 bridgehead atoms. The van der Waals surface area contributed by atoms with Crippen LogP contribution in [0.25, 0.3) is 0 Å². The Morgan fingerprint density at radius 2 is 2.12 bits per heavy atom. The molecule has 0 amide bonds. The van der Waals surface area contributed by atoms with Crippen molar-refractivity contribution in [3.05, 3.63) is 46.0 Å². The Morgan fingerprint density at radius 3 is 3.00 bits per heavy atom. The molecule has 1 N–H and O–H groups in total. The third kappa shape index (κ3) is 3.76. The maximum atomic E-state index is 5.62. The molecule has 0 spiro atoms. The number of aromatic nitrogens is 4. The van der Waals surface area contributed by atoms with Crippen LogP contribution in [0.2, 0.25) is 0 Å². The van der Waals surface area contributed by atoms with Gasteiger partial charge in [-0.05, 0) is 31.4 Å². The molecule has 1 aliphatic carbocycles. The molecule has 3 heterocycles. The molecule has 1 aliphatic rings. The molecule has 8 heteroatoms. The van der Waals surface area contributed by atoms with E-state index in [1.54, 1.807) is 24.2 Å². The van der Waals surface area contributed by atoms with Crippen LogP contribution in [0.1, 0.15) is 27.9 Å². The molecule has 0 radical (unpaired) electrons. The van der Waals surface area contributed by atoms with E-state index in [0.717, 1.165) is 24.3 Å². The number of fused-ring (bicyclic) bond motifs is 1. The summed E-state index contributed by atoms with van der Waals surface area (Å²) in [6, 6.07) is 4.40. The molecule has 0 aliphatic heterocycles. The number of nitrogens with one attached hydrogen (secondary N) is 1. The maximum Gasteiger partial charge on any atom is 0.315 e. The molecule has 0 saturated heterocycles. The number of hydrogen-bond donors (Lipinski definition) is 1. The maximum absolute atomic E-state index is 5.62. The van der Waals surface area contributed by atoms with E-state index in [4.69, 9.17) is 9.40 Å². The Labute approximate surface area is 148 Å². The van der Waals surface area contributed by atoms with Crippen LogP contribution >= 0.6 is 23.1 Å². The Balaban J connectivity index is 1.24. The van der Waals surface area contributed by atoms with Gasteiger partial charge in [-0.3, -0.25) is 4.98 Å². The number of thiazole rings is 1. The highest BCUT2D eigenvalue weighted by Crippen LogP contribution is 2.27. The van der Waals surface area contributed by atoms with Gasteiger partial charge in [-0.15, -0.1) is 28.2 Å². The number of thioether (sulfide) groups is 1. The summed E-state index contributed by atoms with van der Waals surface area (Å²) in [5.41, 5.74) is 1.31. The molecule has 0 unspecified atom stereocenters. The molecule has 0 atom stereocenters. The molecule has 3 aromatic heterocycles. The molecule has 0 fully saturated rings. The predicted molar refractivity (Wildman–Crippen MR) is 94.4 cm³/mol. The molecular weight excluding hydrogens is 342 g/mol. The largest absolute Gasteiger partial charge is 0.407 e. The Morgan fingerprint density at radius 1 is 1.21 bits per heavy atom. The molecule has 24 heavy (non-hydrogen) atoms. The molecule has 0 saturated carbocycles. The van der Waals surface area contributed by atoms with Crippen molar-refractivity contribution in [1.82, 2.24) is 20.2 Å². The van der Waals surface area contributed by atoms with E-state index in [2.05, 4.69) is 20.5 Å². The van der Waals surface area contributed by atoms with Crippen molar-refractivity contribution in [2.75, 3.05) is 11.9 Å². The van der Waals surface area contributed by atoms with Gasteiger partial charge in [0.2, 0.25) is 5.89 Å². The minimum atomic E-state index is 0.476. The van der Waals surface area contributed by atoms with Crippen LogP contribution in [0.3, 0.4) is 0 Å². The van der Waals surface area contributed by atoms with Crippen molar-refractivity contribution in [3.63, 3.8) is 0 Å². The summed E-state index contributed by atoms with van der Waals surface area (Å²) in [5, 5.41) is 12.5. The first-order valence-corrected chi connectivity index (χ1v) is 9.73. The van der Waals surface area contributed by atoms with Crippen molar-refractivity contribution in [3.8, 4) is 0 Å². The molecule has 6 nitrogen and oxygen atoms in total. The lowest BCUT2D eigenvalue weighted by molar-refractivity contribution is 0.526. The summed E-state index contributed by atoms with van der Waals surface area (Å²) in [4.78, 5) is 11.3. The van der Waals surface area contributed by atoms with Gasteiger partial charge < -0.3 is 9.73 Å². The lowest BCUT2D eigenvalue weighted by Gasteiger charge is -1.99. The van der Waals surface area contributed by atoms with Gasteiger partial charge in [-0.2, -0.15) is 0 Å². The highest BCUT2D eigenvalue weighted by atomic mass is 32.2. The summed E-state index contributed by atoms with van der Waals surface area (Å²) >= 11 is 3.49. The van der Waals surface area contributed by atoms with E-state index in [1.165, 1.54) is 28.4 Å². The Kier molecular flexibility index (Phi) is 4.75. The summed E-state index contributed by atoms with van der Waals surface area (Å²) in [7, 11) is 0. The standard InChI is InChI=1S/C16H17N5OS2/c1-2-12-13(3-1)24-15(19-12)6-9-18-16-21-20-14(22-16)10-23-11-4-7-17-8-5-11/h4-5,7-8H,1-3,6,9-10H2,(H,18,21). The van der Waals surface area contributed by atoms with E-state index in [-0.39, 0.29) is 0 Å². The molecule has 4 rings (SSSR count). The van der Waals surface area contributed by atoms with Crippen molar-refractivity contribution < 1.29 is 4.42 Å². The van der Waals surface area contributed by atoms with E-state index in [9.17, 15) is 0 Å². The number of aryl methyl sites for hydroxylation is 2. The van der Waals surface area contributed by atoms with Gasteiger partial charge in [0.1, 0.15) is 0 Å². The SMILES string of the molecule is c1cc(SCc2nnc(NCCc3nc4c(s3)CCC4)o2)ccn1. The third-order valence-corrected chi connectivity index (χ3v) is 5.95. The van der Waals surface area contributed by atoms with Crippen molar-refractivity contribution >= 4 is 29.1 Å². The van der Waals surface area contributed by atoms with E-state index < -0.39 is 0 Å². The van der Waals surface area contributed by atoms with Gasteiger partial charge in [-0.25, -0.2) is 4.98 Å². The van der Waals surface area contributed by atoms with E-state index >= 15 is 0 Å². The fourth-order valence-corrected chi connectivity index (χ4v) is 4.47. The van der Waals surface area contributed by atoms with Crippen molar-refractivity contribution in [2.45, 2.75) is 36.3 Å². The number of nitrogens with zero attached hydrogens (tertiary/aromatic N) is 4. The zero-order valence-corrected chi connectivity index (χ0v) is 14.7. The lowest BCUT2D eigenvalue weighted by atomic mass is 10.3. The molecule has 124 valence electrons. The summed E-state index contributed by atoms with van der Waals surface area (Å²) in [6.07, 6.45) is 8.04. The zero-order valence-electron chi connectivity index (χ0n) is 13.1. The summed E-state index contributed by atoms with van der Waals surface area (Å²) in [5.74, 6) is 1.27. The first kappa shape index (κ1) is 15.6. The second-order valence-electron chi connectivity index (χ2n) is 5.48. The van der Waals surface area contributed by atoms with Gasteiger partial charge in [-0.1, -0.05) is 5.10 Å². The molecule has 0 aromatic carbocycles. The Bertz CT molecular complexity index is 780. The third-order valence-electron chi connectivity index (χ3n) is 3.73. The fourth-order valence-electron chi connectivity index (χ4n) is 2.59. The number of rotatable bonds is 7. The van der Waals surface area contributed by atoms with Crippen LogP contribution in [0.5, 0.6) is 0 Å². The van der Waals surface area contributed by atoms with Crippen LogP contribution in [0, 0.1) is 0 Å². The van der Waals surface area contributed by atoms with Gasteiger partial charge in [0.05, 0.1) is 16.5 Å². The lowest BCUT2D eigenvalue weighted by Crippen LogP contribution is -2.05. The van der Waals surface area contributed by atoms with Crippen LogP contribution in [0.4, 0.5) is 6.01 Å². The van der Waals surface area contributed by atoms with Crippen molar-refractivity contribution in [2.24, 2.45) is 0 Å². The quantitative estimate of drug-likeness (QED) is 0.648. The fraction of sp³-hybridized carbons (Fsp3) is 0.375. The first-order chi connectivity index (χ1) is 11.9. The van der Waals surface area contributed by atoms with Crippen LogP contribution in [0.15, 0.2) is 33.8 Å². The number of pyridine rings is 1. The van der Waals surface area contributed by atoms with Crippen LogP contribution < -0.4 is 5.32 Å². The van der Waals surface area contributed by atoms with Gasteiger partial charge in [0.25, 0.3) is 0 Å². The second-order valence-corrected chi connectivity index (χ2v) is 7.70. The zero-order chi connectivity index (χ0) is 16.2. The summed E-state index contributed by atoms with van der Waals surface area (Å²) < 4.78 is 5.62. The molecule has 3 aromatic rings. The second kappa shape index (κ2) is 7.31. The van der Waals surface area contributed by atoms with Crippen molar-refractivity contribution in [1.29, 1.82) is 0 Å². The normalized spacial score (nSPS) is 13.2. The van der Waals surface area contributed by atoms with E-state index in [0.29, 0.717) is 17.7 Å². The Hall–Kier alpha value is -1.93. The summed E-state index contributed by atoms with van der Waals surface area (Å²) in [6.45, 7) is 0.755. The first-order valence-electron chi connectivity index (χ1n) is 7.93. The van der Waals surface area contributed by atoms with Crippen LogP contribution in [-0.2, 0) is 25.0 Å². The van der Waals surface area contributed by atoms with Crippen LogP contribution in [-0.4, -0.2) is 26.7 Å². The van der Waals surface area contributed by atoms with Gasteiger partial charge in [0, 0.05) is 35.1 Å². The van der Waals surface area contributed by atoms with E-state index in [1.807, 2.05) is 23.5 Å². The number of anilines is 1. The number of hydrogen-bond acceptors (Lipinski definition) is 8.